The Balaban J connectivity index is 1.52. The van der Waals surface area contributed by atoms with Gasteiger partial charge in [0, 0.05) is 40.8 Å². The first-order chi connectivity index (χ1) is 15.0. The zero-order valence-corrected chi connectivity index (χ0v) is 18.2. The molecular formula is C23H20ClN3O3S. The largest absolute Gasteiger partial charge is 0.338 e. The number of carbonyl (C=O) groups excluding carboxylic acids is 3. The van der Waals surface area contributed by atoms with Crippen molar-refractivity contribution in [3.8, 4) is 0 Å². The van der Waals surface area contributed by atoms with E-state index in [-0.39, 0.29) is 23.5 Å². The summed E-state index contributed by atoms with van der Waals surface area (Å²) < 4.78 is 0. The van der Waals surface area contributed by atoms with Gasteiger partial charge in [-0.3, -0.25) is 14.4 Å². The Labute approximate surface area is 188 Å². The van der Waals surface area contributed by atoms with Crippen molar-refractivity contribution >= 4 is 45.7 Å². The standard InChI is InChI=1S/C23H20ClN3O3S/c24-17-9-7-15(8-10-17)20(28)18-5-1-2-6-19(18)22(30)27-12-3-4-16(14-27)21(29)26-23-25-11-13-31-23/h1-2,5-11,13,16H,3-4,12,14H2,(H,25,26,29). The van der Waals surface area contributed by atoms with Gasteiger partial charge in [-0.25, -0.2) is 4.98 Å². The lowest BCUT2D eigenvalue weighted by Crippen LogP contribution is -2.44. The molecular weight excluding hydrogens is 434 g/mol. The van der Waals surface area contributed by atoms with Crippen molar-refractivity contribution in [2.75, 3.05) is 18.4 Å². The molecule has 1 aliphatic rings. The highest BCUT2D eigenvalue weighted by molar-refractivity contribution is 7.13. The van der Waals surface area contributed by atoms with E-state index in [4.69, 9.17) is 11.6 Å². The molecule has 3 aromatic rings. The third-order valence-corrected chi connectivity index (χ3v) is 6.19. The van der Waals surface area contributed by atoms with E-state index in [9.17, 15) is 14.4 Å². The Morgan fingerprint density at radius 3 is 2.52 bits per heavy atom. The van der Waals surface area contributed by atoms with Crippen LogP contribution in [-0.4, -0.2) is 40.6 Å². The first-order valence-electron chi connectivity index (χ1n) is 9.92. The van der Waals surface area contributed by atoms with E-state index in [0.29, 0.717) is 46.4 Å². The van der Waals surface area contributed by atoms with Crippen LogP contribution in [0.3, 0.4) is 0 Å². The second-order valence-corrected chi connectivity index (χ2v) is 8.63. The summed E-state index contributed by atoms with van der Waals surface area (Å²) in [6.45, 7) is 0.850. The van der Waals surface area contributed by atoms with Gasteiger partial charge in [-0.05, 0) is 43.2 Å². The van der Waals surface area contributed by atoms with Gasteiger partial charge in [0.25, 0.3) is 5.91 Å². The number of thiazole rings is 1. The highest BCUT2D eigenvalue weighted by Crippen LogP contribution is 2.23. The number of aromatic nitrogens is 1. The number of ketones is 1. The molecule has 1 N–H and O–H groups in total. The van der Waals surface area contributed by atoms with Crippen LogP contribution in [-0.2, 0) is 4.79 Å². The number of nitrogens with zero attached hydrogens (tertiary/aromatic N) is 2. The van der Waals surface area contributed by atoms with E-state index in [2.05, 4.69) is 10.3 Å². The van der Waals surface area contributed by atoms with Crippen LogP contribution in [0.1, 0.15) is 39.1 Å². The molecule has 1 aliphatic heterocycles. The van der Waals surface area contributed by atoms with Gasteiger partial charge >= 0.3 is 0 Å². The molecule has 0 radical (unpaired) electrons. The Bertz CT molecular complexity index is 1100. The number of nitrogens with one attached hydrogen (secondary N) is 1. The van der Waals surface area contributed by atoms with Crippen molar-refractivity contribution in [1.82, 2.24) is 9.88 Å². The van der Waals surface area contributed by atoms with Gasteiger partial charge in [-0.1, -0.05) is 29.8 Å². The number of halogens is 1. The Hall–Kier alpha value is -3.03. The Kier molecular flexibility index (Phi) is 6.44. The molecule has 4 rings (SSSR count). The molecule has 8 heteroatoms. The fourth-order valence-electron chi connectivity index (χ4n) is 3.66. The summed E-state index contributed by atoms with van der Waals surface area (Å²) in [5.74, 6) is -0.945. The lowest BCUT2D eigenvalue weighted by molar-refractivity contribution is -0.121. The molecule has 158 valence electrons. The molecule has 2 heterocycles. The second-order valence-electron chi connectivity index (χ2n) is 7.30. The molecule has 0 bridgehead atoms. The molecule has 1 aromatic heterocycles. The van der Waals surface area contributed by atoms with E-state index >= 15 is 0 Å². The summed E-state index contributed by atoms with van der Waals surface area (Å²) in [5.41, 5.74) is 1.14. The molecule has 1 fully saturated rings. The highest BCUT2D eigenvalue weighted by atomic mass is 35.5. The summed E-state index contributed by atoms with van der Waals surface area (Å²) in [5, 5.41) is 5.69. The number of piperidine rings is 1. The maximum atomic E-state index is 13.3. The maximum Gasteiger partial charge on any atom is 0.254 e. The summed E-state index contributed by atoms with van der Waals surface area (Å²) in [6.07, 6.45) is 3.05. The molecule has 6 nitrogen and oxygen atoms in total. The molecule has 2 amide bonds. The third-order valence-electron chi connectivity index (χ3n) is 5.25. The zero-order chi connectivity index (χ0) is 21.8. The average Bonchev–Trinajstić information content (AvgIpc) is 3.32. The van der Waals surface area contributed by atoms with Crippen LogP contribution < -0.4 is 5.32 Å². The SMILES string of the molecule is O=C(c1ccc(Cl)cc1)c1ccccc1C(=O)N1CCCC(C(=O)Nc2nccs2)C1. The van der Waals surface area contributed by atoms with E-state index < -0.39 is 0 Å². The average molecular weight is 454 g/mol. The van der Waals surface area contributed by atoms with Gasteiger partial charge in [0.15, 0.2) is 10.9 Å². The fraction of sp³-hybridized carbons (Fsp3) is 0.217. The minimum absolute atomic E-state index is 0.141. The molecule has 0 saturated carbocycles. The van der Waals surface area contributed by atoms with Crippen molar-refractivity contribution in [3.05, 3.63) is 81.8 Å². The normalized spacial score (nSPS) is 16.0. The summed E-state index contributed by atoms with van der Waals surface area (Å²) in [7, 11) is 0. The number of benzene rings is 2. The topological polar surface area (TPSA) is 79.4 Å². The van der Waals surface area contributed by atoms with Crippen LogP contribution in [0.25, 0.3) is 0 Å². The molecule has 1 atom stereocenters. The fourth-order valence-corrected chi connectivity index (χ4v) is 4.32. The molecule has 1 saturated heterocycles. The molecule has 1 unspecified atom stereocenters. The highest BCUT2D eigenvalue weighted by Gasteiger charge is 2.31. The van der Waals surface area contributed by atoms with Crippen molar-refractivity contribution in [1.29, 1.82) is 0 Å². The summed E-state index contributed by atoms with van der Waals surface area (Å²) in [4.78, 5) is 44.7. The zero-order valence-electron chi connectivity index (χ0n) is 16.6. The van der Waals surface area contributed by atoms with Crippen LogP contribution >= 0.6 is 22.9 Å². The lowest BCUT2D eigenvalue weighted by Gasteiger charge is -2.32. The number of rotatable bonds is 5. The van der Waals surface area contributed by atoms with Gasteiger partial charge in [-0.2, -0.15) is 0 Å². The van der Waals surface area contributed by atoms with Crippen LogP contribution in [0.4, 0.5) is 5.13 Å². The monoisotopic (exact) mass is 453 g/mol. The smallest absolute Gasteiger partial charge is 0.254 e. The molecule has 31 heavy (non-hydrogen) atoms. The third kappa shape index (κ3) is 4.84. The molecule has 0 spiro atoms. The van der Waals surface area contributed by atoms with Gasteiger partial charge in [0.1, 0.15) is 0 Å². The van der Waals surface area contributed by atoms with Crippen molar-refractivity contribution in [2.45, 2.75) is 12.8 Å². The number of hydrogen-bond acceptors (Lipinski definition) is 5. The lowest BCUT2D eigenvalue weighted by atomic mass is 9.94. The van der Waals surface area contributed by atoms with E-state index in [1.54, 1.807) is 65.0 Å². The van der Waals surface area contributed by atoms with Crippen molar-refractivity contribution in [2.24, 2.45) is 5.92 Å². The van der Waals surface area contributed by atoms with Crippen LogP contribution in [0.5, 0.6) is 0 Å². The van der Waals surface area contributed by atoms with Gasteiger partial charge < -0.3 is 10.2 Å². The minimum Gasteiger partial charge on any atom is -0.338 e. The van der Waals surface area contributed by atoms with Crippen molar-refractivity contribution < 1.29 is 14.4 Å². The number of likely N-dealkylation sites (tertiary alicyclic amines) is 1. The van der Waals surface area contributed by atoms with E-state index in [0.717, 1.165) is 6.42 Å². The maximum absolute atomic E-state index is 13.3. The number of hydrogen-bond donors (Lipinski definition) is 1. The van der Waals surface area contributed by atoms with Crippen LogP contribution in [0, 0.1) is 5.92 Å². The van der Waals surface area contributed by atoms with Crippen LogP contribution in [0.2, 0.25) is 5.02 Å². The first kappa shape index (κ1) is 21.2. The predicted molar refractivity (Wildman–Crippen MR) is 121 cm³/mol. The Morgan fingerprint density at radius 2 is 1.81 bits per heavy atom. The predicted octanol–water partition coefficient (Wildman–Crippen LogP) is 4.52. The minimum atomic E-state index is -0.319. The quantitative estimate of drug-likeness (QED) is 0.576. The Morgan fingerprint density at radius 1 is 1.06 bits per heavy atom. The number of carbonyl (C=O) groups is 3. The number of anilines is 1. The summed E-state index contributed by atoms with van der Waals surface area (Å²) in [6, 6.07) is 13.4. The van der Waals surface area contributed by atoms with E-state index in [1.807, 2.05) is 0 Å². The van der Waals surface area contributed by atoms with Crippen LogP contribution in [0.15, 0.2) is 60.1 Å². The van der Waals surface area contributed by atoms with Gasteiger partial charge in [-0.15, -0.1) is 11.3 Å². The van der Waals surface area contributed by atoms with Crippen molar-refractivity contribution in [3.63, 3.8) is 0 Å². The molecule has 0 aliphatic carbocycles. The van der Waals surface area contributed by atoms with Gasteiger partial charge in [0.2, 0.25) is 5.91 Å². The van der Waals surface area contributed by atoms with E-state index in [1.165, 1.54) is 11.3 Å². The first-order valence-corrected chi connectivity index (χ1v) is 11.2. The second kappa shape index (κ2) is 9.41. The molecule has 2 aromatic carbocycles. The van der Waals surface area contributed by atoms with Gasteiger partial charge in [0.05, 0.1) is 11.5 Å². The number of amides is 2. The summed E-state index contributed by atoms with van der Waals surface area (Å²) >= 11 is 7.28.